The van der Waals surface area contributed by atoms with Crippen LogP contribution < -0.4 is 11.1 Å². The van der Waals surface area contributed by atoms with E-state index in [2.05, 4.69) is 5.32 Å². The van der Waals surface area contributed by atoms with E-state index in [9.17, 15) is 4.79 Å². The Morgan fingerprint density at radius 2 is 2.06 bits per heavy atom. The third-order valence-corrected chi connectivity index (χ3v) is 2.25. The summed E-state index contributed by atoms with van der Waals surface area (Å²) in [6, 6.07) is 7.99. The van der Waals surface area contributed by atoms with Crippen LogP contribution in [-0.2, 0) is 11.2 Å². The first kappa shape index (κ1) is 12.5. The molecule has 0 aliphatic carbocycles. The Hall–Kier alpha value is -1.55. The van der Waals surface area contributed by atoms with Crippen molar-refractivity contribution in [2.75, 3.05) is 13.7 Å². The molecular formula is C12H18N2O2. The van der Waals surface area contributed by atoms with Gasteiger partial charge in [-0.25, -0.2) is 4.79 Å². The molecule has 1 aromatic rings. The van der Waals surface area contributed by atoms with Crippen LogP contribution in [0.5, 0.6) is 0 Å². The Morgan fingerprint density at radius 1 is 1.44 bits per heavy atom. The maximum atomic E-state index is 10.8. The van der Waals surface area contributed by atoms with Crippen LogP contribution in [0.1, 0.15) is 11.1 Å². The van der Waals surface area contributed by atoms with Gasteiger partial charge >= 0.3 is 6.09 Å². The van der Waals surface area contributed by atoms with Crippen LogP contribution in [0.3, 0.4) is 0 Å². The molecule has 0 fully saturated rings. The molecule has 0 aliphatic rings. The Labute approximate surface area is 95.8 Å². The van der Waals surface area contributed by atoms with Gasteiger partial charge in [-0.1, -0.05) is 29.8 Å². The lowest BCUT2D eigenvalue weighted by Gasteiger charge is -2.12. The summed E-state index contributed by atoms with van der Waals surface area (Å²) >= 11 is 0. The number of carbonyl (C=O) groups excluding carboxylic acids is 1. The van der Waals surface area contributed by atoms with Crippen LogP contribution in [0.15, 0.2) is 24.3 Å². The second kappa shape index (κ2) is 6.12. The first-order valence-corrected chi connectivity index (χ1v) is 5.27. The van der Waals surface area contributed by atoms with E-state index >= 15 is 0 Å². The van der Waals surface area contributed by atoms with Gasteiger partial charge in [-0.3, -0.25) is 0 Å². The minimum absolute atomic E-state index is 0.167. The van der Waals surface area contributed by atoms with Gasteiger partial charge < -0.3 is 15.8 Å². The standard InChI is InChI=1S/C12H18N2O2/c1-9-3-5-10(6-4-9)7-11(13)8-16-12(15)14-2/h3-6,11H,7-8,13H2,1-2H3,(H,14,15). The van der Waals surface area contributed by atoms with Crippen LogP contribution in [-0.4, -0.2) is 25.8 Å². The minimum Gasteiger partial charge on any atom is -0.448 e. The first-order valence-electron chi connectivity index (χ1n) is 5.27. The quantitative estimate of drug-likeness (QED) is 0.805. The van der Waals surface area contributed by atoms with Crippen LogP contribution in [0, 0.1) is 6.92 Å². The molecule has 0 bridgehead atoms. The number of aryl methyl sites for hydroxylation is 1. The van der Waals surface area contributed by atoms with E-state index in [1.54, 1.807) is 0 Å². The number of rotatable bonds is 4. The van der Waals surface area contributed by atoms with Crippen molar-refractivity contribution in [2.45, 2.75) is 19.4 Å². The molecule has 0 heterocycles. The summed E-state index contributed by atoms with van der Waals surface area (Å²) in [4.78, 5) is 10.8. The van der Waals surface area contributed by atoms with Gasteiger partial charge in [0.1, 0.15) is 6.61 Å². The molecule has 0 aliphatic heterocycles. The van der Waals surface area contributed by atoms with E-state index in [4.69, 9.17) is 10.5 Å². The summed E-state index contributed by atoms with van der Waals surface area (Å²) in [6.07, 6.45) is 0.261. The number of hydrogen-bond acceptors (Lipinski definition) is 3. The fourth-order valence-corrected chi connectivity index (χ4v) is 1.34. The summed E-state index contributed by atoms with van der Waals surface area (Å²) in [6.45, 7) is 2.27. The minimum atomic E-state index is -0.445. The second-order valence-corrected chi connectivity index (χ2v) is 3.80. The lowest BCUT2D eigenvalue weighted by molar-refractivity contribution is 0.141. The van der Waals surface area contributed by atoms with Gasteiger partial charge in [0.25, 0.3) is 0 Å². The molecule has 0 saturated heterocycles. The molecule has 16 heavy (non-hydrogen) atoms. The van der Waals surface area contributed by atoms with Crippen molar-refractivity contribution < 1.29 is 9.53 Å². The highest BCUT2D eigenvalue weighted by Gasteiger charge is 2.07. The molecule has 1 unspecified atom stereocenters. The van der Waals surface area contributed by atoms with Gasteiger partial charge in [0.2, 0.25) is 0 Å². The van der Waals surface area contributed by atoms with Crippen LogP contribution in [0.4, 0.5) is 4.79 Å². The summed E-state index contributed by atoms with van der Waals surface area (Å²) in [5, 5.41) is 2.37. The van der Waals surface area contributed by atoms with Gasteiger partial charge in [0, 0.05) is 13.1 Å². The largest absolute Gasteiger partial charge is 0.448 e. The maximum Gasteiger partial charge on any atom is 0.406 e. The molecule has 1 amide bonds. The van der Waals surface area contributed by atoms with E-state index in [0.717, 1.165) is 5.56 Å². The lowest BCUT2D eigenvalue weighted by atomic mass is 10.1. The maximum absolute atomic E-state index is 10.8. The number of carbonyl (C=O) groups is 1. The van der Waals surface area contributed by atoms with Crippen molar-refractivity contribution in [3.8, 4) is 0 Å². The molecule has 3 N–H and O–H groups in total. The monoisotopic (exact) mass is 222 g/mol. The lowest BCUT2D eigenvalue weighted by Crippen LogP contribution is -2.32. The number of amides is 1. The van der Waals surface area contributed by atoms with Crippen LogP contribution in [0.2, 0.25) is 0 Å². The van der Waals surface area contributed by atoms with Gasteiger partial charge in [-0.05, 0) is 18.9 Å². The Kier molecular flexibility index (Phi) is 4.79. The van der Waals surface area contributed by atoms with Crippen molar-refractivity contribution in [3.05, 3.63) is 35.4 Å². The second-order valence-electron chi connectivity index (χ2n) is 3.80. The van der Waals surface area contributed by atoms with E-state index in [0.29, 0.717) is 6.42 Å². The number of benzene rings is 1. The molecule has 4 nitrogen and oxygen atoms in total. The summed E-state index contributed by atoms with van der Waals surface area (Å²) in [5.74, 6) is 0. The number of hydrogen-bond donors (Lipinski definition) is 2. The fourth-order valence-electron chi connectivity index (χ4n) is 1.34. The zero-order chi connectivity index (χ0) is 12.0. The van der Waals surface area contributed by atoms with Crippen molar-refractivity contribution in [1.82, 2.24) is 5.32 Å². The zero-order valence-electron chi connectivity index (χ0n) is 9.69. The molecule has 0 aromatic heterocycles. The van der Waals surface area contributed by atoms with E-state index < -0.39 is 6.09 Å². The molecule has 4 heteroatoms. The number of nitrogens with two attached hydrogens (primary N) is 1. The summed E-state index contributed by atoms with van der Waals surface area (Å²) in [5.41, 5.74) is 8.21. The normalized spacial score (nSPS) is 11.9. The molecule has 88 valence electrons. The highest BCUT2D eigenvalue weighted by molar-refractivity contribution is 5.66. The SMILES string of the molecule is CNC(=O)OCC(N)Cc1ccc(C)cc1. The van der Waals surface area contributed by atoms with Gasteiger partial charge in [-0.2, -0.15) is 0 Å². The molecule has 0 spiro atoms. The molecule has 1 aromatic carbocycles. The third kappa shape index (κ3) is 4.31. The van der Waals surface area contributed by atoms with Crippen LogP contribution in [0.25, 0.3) is 0 Å². The van der Waals surface area contributed by atoms with E-state index in [1.165, 1.54) is 12.6 Å². The van der Waals surface area contributed by atoms with E-state index in [-0.39, 0.29) is 12.6 Å². The first-order chi connectivity index (χ1) is 7.61. The van der Waals surface area contributed by atoms with Crippen molar-refractivity contribution >= 4 is 6.09 Å². The molecule has 1 atom stereocenters. The number of alkyl carbamates (subject to hydrolysis) is 1. The average molecular weight is 222 g/mol. The van der Waals surface area contributed by atoms with Gasteiger partial charge in [0.05, 0.1) is 0 Å². The van der Waals surface area contributed by atoms with Gasteiger partial charge in [0.15, 0.2) is 0 Å². The number of ether oxygens (including phenoxy) is 1. The Bertz CT molecular complexity index is 335. The highest BCUT2D eigenvalue weighted by Crippen LogP contribution is 2.05. The molecule has 0 saturated carbocycles. The summed E-state index contributed by atoms with van der Waals surface area (Å²) < 4.78 is 4.87. The van der Waals surface area contributed by atoms with Crippen molar-refractivity contribution in [2.24, 2.45) is 5.73 Å². The summed E-state index contributed by atoms with van der Waals surface area (Å²) in [7, 11) is 1.52. The highest BCUT2D eigenvalue weighted by atomic mass is 16.5. The fraction of sp³-hybridized carbons (Fsp3) is 0.417. The third-order valence-electron chi connectivity index (χ3n) is 2.25. The van der Waals surface area contributed by atoms with Gasteiger partial charge in [-0.15, -0.1) is 0 Å². The average Bonchev–Trinajstić information content (AvgIpc) is 2.29. The Morgan fingerprint density at radius 3 is 2.62 bits per heavy atom. The van der Waals surface area contributed by atoms with Crippen molar-refractivity contribution in [3.63, 3.8) is 0 Å². The smallest absolute Gasteiger partial charge is 0.406 e. The predicted molar refractivity (Wildman–Crippen MR) is 63.3 cm³/mol. The molecular weight excluding hydrogens is 204 g/mol. The topological polar surface area (TPSA) is 64.3 Å². The van der Waals surface area contributed by atoms with Crippen LogP contribution >= 0.6 is 0 Å². The number of nitrogens with one attached hydrogen (secondary N) is 1. The zero-order valence-corrected chi connectivity index (χ0v) is 9.69. The molecule has 1 rings (SSSR count). The predicted octanol–water partition coefficient (Wildman–Crippen LogP) is 1.22. The van der Waals surface area contributed by atoms with E-state index in [1.807, 2.05) is 31.2 Å². The van der Waals surface area contributed by atoms with Crippen molar-refractivity contribution in [1.29, 1.82) is 0 Å². The molecule has 0 radical (unpaired) electrons. The Balaban J connectivity index is 2.36.